The molecule has 1 aromatic rings. The zero-order chi connectivity index (χ0) is 9.59. The minimum absolute atomic E-state index is 0.0752. The van der Waals surface area contributed by atoms with Crippen molar-refractivity contribution >= 4 is 33.3 Å². The number of carbonyl (C=O) groups excluding carboxylic acids is 1. The van der Waals surface area contributed by atoms with Crippen LogP contribution in [0.4, 0.5) is 0 Å². The number of halogens is 2. The Morgan fingerprint density at radius 2 is 2.23 bits per heavy atom. The summed E-state index contributed by atoms with van der Waals surface area (Å²) in [5.74, 6) is 0.274. The molecule has 1 nitrogen and oxygen atoms in total. The van der Waals surface area contributed by atoms with Crippen molar-refractivity contribution in [1.29, 1.82) is 0 Å². The van der Waals surface area contributed by atoms with E-state index in [0.29, 0.717) is 5.02 Å². The minimum Gasteiger partial charge on any atom is -0.294 e. The van der Waals surface area contributed by atoms with Gasteiger partial charge in [-0.3, -0.25) is 4.79 Å². The van der Waals surface area contributed by atoms with Gasteiger partial charge in [0.2, 0.25) is 0 Å². The Morgan fingerprint density at radius 3 is 2.85 bits per heavy atom. The van der Waals surface area contributed by atoms with E-state index in [4.69, 9.17) is 11.6 Å². The molecule has 13 heavy (non-hydrogen) atoms. The maximum absolute atomic E-state index is 11.7. The first-order chi connectivity index (χ1) is 6.11. The molecule has 1 aliphatic carbocycles. The Bertz CT molecular complexity index is 387. The number of benzene rings is 1. The molecular weight excluding hydrogens is 251 g/mol. The van der Waals surface area contributed by atoms with Crippen molar-refractivity contribution in [1.82, 2.24) is 0 Å². The largest absolute Gasteiger partial charge is 0.294 e. The maximum Gasteiger partial charge on any atom is 0.167 e. The summed E-state index contributed by atoms with van der Waals surface area (Å²) in [5.41, 5.74) is 1.77. The van der Waals surface area contributed by atoms with Gasteiger partial charge in [-0.1, -0.05) is 34.5 Å². The molecule has 3 heteroatoms. The molecule has 0 bridgehead atoms. The third kappa shape index (κ3) is 1.32. The van der Waals surface area contributed by atoms with E-state index in [0.717, 1.165) is 22.0 Å². The van der Waals surface area contributed by atoms with Crippen molar-refractivity contribution in [3.63, 3.8) is 0 Å². The first-order valence-corrected chi connectivity index (χ1v) is 5.29. The molecular formula is C10H8BrClO. The fourth-order valence-corrected chi connectivity index (χ4v) is 2.51. The first kappa shape index (κ1) is 9.22. The summed E-state index contributed by atoms with van der Waals surface area (Å²) in [7, 11) is 0. The second kappa shape index (κ2) is 3.10. The summed E-state index contributed by atoms with van der Waals surface area (Å²) in [6.45, 7) is 1.94. The van der Waals surface area contributed by atoms with Crippen LogP contribution in [-0.2, 0) is 6.42 Å². The van der Waals surface area contributed by atoms with Crippen LogP contribution in [0.2, 0.25) is 5.02 Å². The molecule has 0 heterocycles. The smallest absolute Gasteiger partial charge is 0.167 e. The van der Waals surface area contributed by atoms with Crippen molar-refractivity contribution in [3.8, 4) is 0 Å². The van der Waals surface area contributed by atoms with Crippen molar-refractivity contribution in [2.24, 2.45) is 5.92 Å². The van der Waals surface area contributed by atoms with Crippen LogP contribution in [0.25, 0.3) is 0 Å². The lowest BCUT2D eigenvalue weighted by Crippen LogP contribution is -2.03. The normalized spacial score (nSPS) is 20.5. The van der Waals surface area contributed by atoms with Gasteiger partial charge in [0.15, 0.2) is 5.78 Å². The Kier molecular flexibility index (Phi) is 2.20. The number of ketones is 1. The highest BCUT2D eigenvalue weighted by Crippen LogP contribution is 2.36. The van der Waals surface area contributed by atoms with Gasteiger partial charge in [0.1, 0.15) is 0 Å². The van der Waals surface area contributed by atoms with Crippen LogP contribution >= 0.6 is 27.5 Å². The van der Waals surface area contributed by atoms with Gasteiger partial charge in [0, 0.05) is 21.0 Å². The highest BCUT2D eigenvalue weighted by Gasteiger charge is 2.30. The first-order valence-electron chi connectivity index (χ1n) is 4.12. The van der Waals surface area contributed by atoms with Crippen LogP contribution < -0.4 is 0 Å². The number of hydrogen-bond donors (Lipinski definition) is 0. The second-order valence-corrected chi connectivity index (χ2v) is 4.61. The standard InChI is InChI=1S/C10H8BrClO/c1-5-4-6-8(12)3-2-7(11)9(6)10(5)13/h2-3,5H,4H2,1H3. The molecule has 0 aliphatic heterocycles. The fraction of sp³-hybridized carbons (Fsp3) is 0.300. The summed E-state index contributed by atoms with van der Waals surface area (Å²) in [4.78, 5) is 11.7. The Labute approximate surface area is 90.2 Å². The molecule has 0 saturated carbocycles. The molecule has 1 aromatic carbocycles. The van der Waals surface area contributed by atoms with Gasteiger partial charge in [-0.25, -0.2) is 0 Å². The van der Waals surface area contributed by atoms with Crippen LogP contribution in [0.3, 0.4) is 0 Å². The van der Waals surface area contributed by atoms with Gasteiger partial charge in [0.25, 0.3) is 0 Å². The lowest BCUT2D eigenvalue weighted by Gasteiger charge is -2.01. The van der Waals surface area contributed by atoms with Crippen LogP contribution in [0, 0.1) is 5.92 Å². The van der Waals surface area contributed by atoms with E-state index < -0.39 is 0 Å². The zero-order valence-corrected chi connectivity index (χ0v) is 9.45. The Hall–Kier alpha value is -0.340. The zero-order valence-electron chi connectivity index (χ0n) is 7.10. The summed E-state index contributed by atoms with van der Waals surface area (Å²) in [5, 5.41) is 0.705. The van der Waals surface area contributed by atoms with Gasteiger partial charge in [-0.15, -0.1) is 0 Å². The molecule has 0 radical (unpaired) electrons. The average molecular weight is 260 g/mol. The lowest BCUT2D eigenvalue weighted by molar-refractivity contribution is 0.0945. The van der Waals surface area contributed by atoms with E-state index >= 15 is 0 Å². The van der Waals surface area contributed by atoms with Crippen molar-refractivity contribution in [3.05, 3.63) is 32.8 Å². The molecule has 0 saturated heterocycles. The van der Waals surface area contributed by atoms with Crippen LogP contribution in [-0.4, -0.2) is 5.78 Å². The third-order valence-electron chi connectivity index (χ3n) is 2.41. The number of Topliss-reactive ketones (excluding diaryl/α,β-unsaturated/α-hetero) is 1. The maximum atomic E-state index is 11.7. The van der Waals surface area contributed by atoms with Crippen LogP contribution in [0.15, 0.2) is 16.6 Å². The lowest BCUT2D eigenvalue weighted by atomic mass is 10.1. The molecule has 0 aromatic heterocycles. The number of rotatable bonds is 0. The predicted molar refractivity (Wildman–Crippen MR) is 56.4 cm³/mol. The molecule has 0 spiro atoms. The highest BCUT2D eigenvalue weighted by molar-refractivity contribution is 9.10. The SMILES string of the molecule is CC1Cc2c(Cl)ccc(Br)c2C1=O. The summed E-state index contributed by atoms with van der Waals surface area (Å²) >= 11 is 9.37. The quantitative estimate of drug-likeness (QED) is 0.697. The highest BCUT2D eigenvalue weighted by atomic mass is 79.9. The molecule has 1 atom stereocenters. The van der Waals surface area contributed by atoms with Crippen molar-refractivity contribution in [2.75, 3.05) is 0 Å². The van der Waals surface area contributed by atoms with Crippen LogP contribution in [0.1, 0.15) is 22.8 Å². The van der Waals surface area contributed by atoms with Gasteiger partial charge < -0.3 is 0 Å². The Balaban J connectivity index is 2.68. The van der Waals surface area contributed by atoms with E-state index in [1.165, 1.54) is 0 Å². The van der Waals surface area contributed by atoms with Gasteiger partial charge in [0.05, 0.1) is 0 Å². The van der Waals surface area contributed by atoms with E-state index in [2.05, 4.69) is 15.9 Å². The number of hydrogen-bond acceptors (Lipinski definition) is 1. The molecule has 0 fully saturated rings. The van der Waals surface area contributed by atoms with E-state index in [1.54, 1.807) is 0 Å². The van der Waals surface area contributed by atoms with Gasteiger partial charge in [-0.05, 0) is 24.1 Å². The van der Waals surface area contributed by atoms with E-state index in [1.807, 2.05) is 19.1 Å². The van der Waals surface area contributed by atoms with Crippen molar-refractivity contribution in [2.45, 2.75) is 13.3 Å². The number of carbonyl (C=O) groups is 1. The molecule has 68 valence electrons. The second-order valence-electron chi connectivity index (χ2n) is 3.35. The monoisotopic (exact) mass is 258 g/mol. The number of fused-ring (bicyclic) bond motifs is 1. The van der Waals surface area contributed by atoms with E-state index in [9.17, 15) is 4.79 Å². The van der Waals surface area contributed by atoms with Gasteiger partial charge >= 0.3 is 0 Å². The summed E-state index contributed by atoms with van der Waals surface area (Å²) in [6, 6.07) is 3.66. The Morgan fingerprint density at radius 1 is 1.54 bits per heavy atom. The van der Waals surface area contributed by atoms with Crippen molar-refractivity contribution < 1.29 is 4.79 Å². The molecule has 0 N–H and O–H groups in total. The van der Waals surface area contributed by atoms with Crippen LogP contribution in [0.5, 0.6) is 0 Å². The minimum atomic E-state index is 0.0752. The summed E-state index contributed by atoms with van der Waals surface area (Å²) < 4.78 is 0.862. The van der Waals surface area contributed by atoms with E-state index in [-0.39, 0.29) is 11.7 Å². The topological polar surface area (TPSA) is 17.1 Å². The molecule has 0 amide bonds. The third-order valence-corrected chi connectivity index (χ3v) is 3.42. The molecule has 1 aliphatic rings. The van der Waals surface area contributed by atoms with Gasteiger partial charge in [-0.2, -0.15) is 0 Å². The fourth-order valence-electron chi connectivity index (χ4n) is 1.71. The summed E-state index contributed by atoms with van der Waals surface area (Å²) in [6.07, 6.45) is 0.770. The molecule has 2 rings (SSSR count). The predicted octanol–water partition coefficient (Wildman–Crippen LogP) is 3.48. The molecule has 1 unspecified atom stereocenters. The average Bonchev–Trinajstić information content (AvgIpc) is 2.38.